The van der Waals surface area contributed by atoms with E-state index < -0.39 is 14.7 Å². The zero-order valence-corrected chi connectivity index (χ0v) is 8.94. The third kappa shape index (κ3) is 609. The van der Waals surface area contributed by atoms with Crippen LogP contribution in [0.3, 0.4) is 0 Å². The Hall–Kier alpha value is 0.821. The van der Waals surface area contributed by atoms with E-state index in [4.69, 9.17) is 19.5 Å². The third-order valence-electron chi connectivity index (χ3n) is 0. The molecule has 9 heavy (non-hydrogen) atoms. The second kappa shape index (κ2) is 67.8. The first-order valence-electron chi connectivity index (χ1n) is 0.943. The molecule has 0 radical (unpaired) electrons. The Bertz CT molecular complexity index is 32.0. The van der Waals surface area contributed by atoms with Gasteiger partial charge in [-0.05, 0) is 0 Å². The predicted octanol–water partition coefficient (Wildman–Crippen LogP) is -5.41. The molecular formula is H4B2BaO6. The van der Waals surface area contributed by atoms with Crippen molar-refractivity contribution in [3.63, 3.8) is 0 Å². The van der Waals surface area contributed by atoms with Crippen molar-refractivity contribution in [3.8, 4) is 0 Å². The van der Waals surface area contributed by atoms with Gasteiger partial charge in [-0.1, -0.05) is 0 Å². The molecule has 4 N–H and O–H groups in total. The maximum atomic E-state index is 8.25. The molecule has 0 amide bonds. The smallest absolute Gasteiger partial charge is 2.00 e. The second-order valence-electron chi connectivity index (χ2n) is 0.192. The first-order valence-corrected chi connectivity index (χ1v) is 0.943. The molecule has 0 aliphatic heterocycles. The molecule has 0 saturated heterocycles. The molecule has 0 aliphatic rings. The average Bonchev–Trinajstić information content (AvgIpc) is 1.39. The zero-order chi connectivity index (χ0) is 5.41. The summed E-state index contributed by atoms with van der Waals surface area (Å²) in [4.78, 5) is 0. The first-order chi connectivity index (χ1) is 2.83. The molecule has 0 aromatic rings. The molecule has 0 unspecified atom stereocenters. The van der Waals surface area contributed by atoms with Crippen LogP contribution in [0, 0.1) is 0 Å². The molecule has 0 saturated carbocycles. The molecule has 0 aliphatic carbocycles. The van der Waals surface area contributed by atoms with Gasteiger partial charge < -0.3 is 11.0 Å². The van der Waals surface area contributed by atoms with Crippen LogP contribution in [-0.2, 0) is 9.41 Å². The molecule has 0 bridgehead atoms. The minimum Gasteiger partial charge on any atom is 2.00 e. The number of hydrogen-bond donors (Lipinski definition) is 0. The molecule has 0 spiro atoms. The number of hydrogen-bond acceptors (Lipinski definition) is 4. The van der Waals surface area contributed by atoms with E-state index in [2.05, 4.69) is 0 Å². The summed E-state index contributed by atoms with van der Waals surface area (Å²) in [7, 11) is -1.00. The zero-order valence-electron chi connectivity index (χ0n) is 4.49. The molecule has 0 aromatic carbocycles. The fourth-order valence-electron chi connectivity index (χ4n) is 0. The van der Waals surface area contributed by atoms with E-state index in [9.17, 15) is 0 Å². The third-order valence-corrected chi connectivity index (χ3v) is 0. The van der Waals surface area contributed by atoms with E-state index in [-0.39, 0.29) is 59.8 Å². The van der Waals surface area contributed by atoms with Gasteiger partial charge in [0.1, 0.15) is 0 Å². The van der Waals surface area contributed by atoms with Crippen molar-refractivity contribution < 1.29 is 30.4 Å². The minimum absolute atomic E-state index is 0. The van der Waals surface area contributed by atoms with E-state index in [1.165, 1.54) is 0 Å². The van der Waals surface area contributed by atoms with Gasteiger partial charge in [0.15, 0.2) is 0 Å². The Morgan fingerprint density at radius 3 is 0.889 bits per heavy atom. The topological polar surface area (TPSA) is 143 Å². The normalized spacial score (nSPS) is 1.78. The van der Waals surface area contributed by atoms with Gasteiger partial charge in [0.25, 0.3) is 0 Å². The van der Waals surface area contributed by atoms with Crippen LogP contribution in [0.4, 0.5) is 0 Å². The minimum atomic E-state index is -0.500. The molecule has 48 valence electrons. The summed E-state index contributed by atoms with van der Waals surface area (Å²) in [6.45, 7) is 0. The summed E-state index contributed by atoms with van der Waals surface area (Å²) < 4.78 is 16.5. The summed E-state index contributed by atoms with van der Waals surface area (Å²) in [6, 6.07) is 0. The van der Waals surface area contributed by atoms with Crippen LogP contribution in [-0.4, -0.2) is 74.5 Å². The summed E-state index contributed by atoms with van der Waals surface area (Å²) in [5, 5.41) is 16.5. The van der Waals surface area contributed by atoms with Crippen LogP contribution in [0.25, 0.3) is 0 Å². The Morgan fingerprint density at radius 1 is 0.889 bits per heavy atom. The van der Waals surface area contributed by atoms with E-state index >= 15 is 0 Å². The van der Waals surface area contributed by atoms with Crippen LogP contribution >= 0.6 is 0 Å². The van der Waals surface area contributed by atoms with E-state index in [0.29, 0.717) is 0 Å². The summed E-state index contributed by atoms with van der Waals surface area (Å²) in [5.41, 5.74) is 0. The van der Waals surface area contributed by atoms with Crippen LogP contribution in [0.1, 0.15) is 0 Å². The maximum Gasteiger partial charge on any atom is 2.00 e. The maximum absolute atomic E-state index is 8.25. The van der Waals surface area contributed by atoms with Crippen molar-refractivity contribution in [3.05, 3.63) is 0 Å². The fraction of sp³-hybridized carbons (Fsp3) is 0. The van der Waals surface area contributed by atoms with Gasteiger partial charge in [-0.25, -0.2) is 0 Å². The van der Waals surface area contributed by atoms with Crippen molar-refractivity contribution in [2.75, 3.05) is 0 Å². The Morgan fingerprint density at radius 2 is 0.889 bits per heavy atom. The van der Waals surface area contributed by atoms with Gasteiger partial charge in [-0.3, -0.25) is 0 Å². The van der Waals surface area contributed by atoms with Gasteiger partial charge in [0, 0.05) is 0 Å². The standard InChI is InChI=1S/2BO2.Ba.2H2O/c2*2-1-3;;;/h;;;2*1H2/q2*-1;+2;;. The molecule has 0 rings (SSSR count). The van der Waals surface area contributed by atoms with E-state index in [0.717, 1.165) is 0 Å². The number of rotatable bonds is 0. The van der Waals surface area contributed by atoms with Gasteiger partial charge in [0.2, 0.25) is 0 Å². The SMILES string of the molecule is O.O.O=B[O-].O=B[O-].[Ba+2]. The monoisotopic (exact) mass is 260 g/mol. The molecular weight excluding hydrogens is 255 g/mol. The van der Waals surface area contributed by atoms with Gasteiger partial charge in [-0.15, -0.1) is 0 Å². The van der Waals surface area contributed by atoms with Crippen LogP contribution < -0.4 is 10.0 Å². The average molecular weight is 259 g/mol. The molecule has 0 atom stereocenters. The van der Waals surface area contributed by atoms with Gasteiger partial charge in [-0.2, -0.15) is 0 Å². The summed E-state index contributed by atoms with van der Waals surface area (Å²) in [6.07, 6.45) is 0. The Balaban J connectivity index is -0.00000000889. The predicted molar refractivity (Wildman–Crippen MR) is 25.9 cm³/mol. The van der Waals surface area contributed by atoms with Crippen molar-refractivity contribution >= 4 is 63.6 Å². The summed E-state index contributed by atoms with van der Waals surface area (Å²) >= 11 is 0. The molecule has 0 aromatic heterocycles. The van der Waals surface area contributed by atoms with Crippen molar-refractivity contribution in [1.82, 2.24) is 0 Å². The van der Waals surface area contributed by atoms with Crippen molar-refractivity contribution in [1.29, 1.82) is 0 Å². The Labute approximate surface area is 92.9 Å². The molecule has 0 heterocycles. The molecule has 0 fully saturated rings. The van der Waals surface area contributed by atoms with Crippen LogP contribution in [0.15, 0.2) is 0 Å². The van der Waals surface area contributed by atoms with Crippen molar-refractivity contribution in [2.24, 2.45) is 0 Å². The van der Waals surface area contributed by atoms with Crippen LogP contribution in [0.5, 0.6) is 0 Å². The second-order valence-corrected chi connectivity index (χ2v) is 0.192. The quantitative estimate of drug-likeness (QED) is 0.400. The van der Waals surface area contributed by atoms with Crippen molar-refractivity contribution in [2.45, 2.75) is 0 Å². The molecule has 9 heteroatoms. The largest absolute Gasteiger partial charge is 2.00 e. The van der Waals surface area contributed by atoms with E-state index in [1.54, 1.807) is 0 Å². The summed E-state index contributed by atoms with van der Waals surface area (Å²) in [5.74, 6) is 0. The van der Waals surface area contributed by atoms with Crippen LogP contribution in [0.2, 0.25) is 0 Å². The first kappa shape index (κ1) is 32.9. The van der Waals surface area contributed by atoms with Gasteiger partial charge in [0.05, 0.1) is 0 Å². The molecule has 6 nitrogen and oxygen atoms in total. The van der Waals surface area contributed by atoms with E-state index in [1.807, 2.05) is 0 Å². The Kier molecular flexibility index (Phi) is 248. The van der Waals surface area contributed by atoms with Gasteiger partial charge >= 0.3 is 83.0 Å². The fourth-order valence-corrected chi connectivity index (χ4v) is 0.